The lowest BCUT2D eigenvalue weighted by molar-refractivity contribution is 0.231. The Hall–Kier alpha value is -0.410. The van der Waals surface area contributed by atoms with Crippen LogP contribution in [0, 0.1) is 11.3 Å². The van der Waals surface area contributed by atoms with Gasteiger partial charge in [-0.1, -0.05) is 27.7 Å². The van der Waals surface area contributed by atoms with Crippen molar-refractivity contribution in [3.63, 3.8) is 0 Å². The quantitative estimate of drug-likeness (QED) is 0.802. The Bertz CT molecular complexity index is 358. The van der Waals surface area contributed by atoms with E-state index in [1.165, 1.54) is 12.0 Å². The second-order valence-electron chi connectivity index (χ2n) is 5.98. The highest BCUT2D eigenvalue weighted by Gasteiger charge is 2.24. The molecule has 2 nitrogen and oxygen atoms in total. The van der Waals surface area contributed by atoms with Crippen LogP contribution >= 0.6 is 15.9 Å². The Morgan fingerprint density at radius 2 is 2.06 bits per heavy atom. The van der Waals surface area contributed by atoms with Crippen molar-refractivity contribution in [1.82, 2.24) is 10.3 Å². The predicted octanol–water partition coefficient (Wildman–Crippen LogP) is 4.05. The number of nitrogens with one attached hydrogen (secondary N) is 1. The van der Waals surface area contributed by atoms with Gasteiger partial charge in [0, 0.05) is 16.9 Å². The van der Waals surface area contributed by atoms with Gasteiger partial charge >= 0.3 is 0 Å². The third-order valence-corrected chi connectivity index (χ3v) is 3.72. The lowest BCUT2D eigenvalue weighted by atomic mass is 9.77. The topological polar surface area (TPSA) is 24.9 Å². The van der Waals surface area contributed by atoms with Crippen LogP contribution < -0.4 is 5.32 Å². The van der Waals surface area contributed by atoms with E-state index in [0.717, 1.165) is 24.0 Å². The van der Waals surface area contributed by atoms with Crippen LogP contribution in [0.2, 0.25) is 0 Å². The second kappa shape index (κ2) is 7.25. The summed E-state index contributed by atoms with van der Waals surface area (Å²) < 4.78 is 1.06. The summed E-state index contributed by atoms with van der Waals surface area (Å²) in [6, 6.07) is 2.17. The summed E-state index contributed by atoms with van der Waals surface area (Å²) in [5.41, 5.74) is 1.62. The highest BCUT2D eigenvalue weighted by atomic mass is 79.9. The van der Waals surface area contributed by atoms with Gasteiger partial charge in [-0.05, 0) is 64.8 Å². The fourth-order valence-electron chi connectivity index (χ4n) is 1.99. The summed E-state index contributed by atoms with van der Waals surface area (Å²) in [5.74, 6) is 0.625. The third-order valence-electron chi connectivity index (χ3n) is 3.29. The molecule has 0 saturated heterocycles. The average molecular weight is 313 g/mol. The number of rotatable bonds is 6. The van der Waals surface area contributed by atoms with Gasteiger partial charge in [-0.15, -0.1) is 0 Å². The highest BCUT2D eigenvalue weighted by molar-refractivity contribution is 9.10. The molecule has 0 spiro atoms. The van der Waals surface area contributed by atoms with Crippen molar-refractivity contribution in [2.24, 2.45) is 11.3 Å². The number of aromatic nitrogens is 1. The largest absolute Gasteiger partial charge is 0.316 e. The first-order chi connectivity index (χ1) is 8.43. The van der Waals surface area contributed by atoms with Crippen molar-refractivity contribution in [3.05, 3.63) is 28.5 Å². The maximum atomic E-state index is 4.25. The molecule has 1 heterocycles. The molecule has 102 valence electrons. The maximum absolute atomic E-state index is 4.25. The van der Waals surface area contributed by atoms with Crippen molar-refractivity contribution in [2.75, 3.05) is 13.1 Å². The average Bonchev–Trinajstić information content (AvgIpc) is 2.27. The van der Waals surface area contributed by atoms with E-state index in [9.17, 15) is 0 Å². The molecule has 0 bridgehead atoms. The van der Waals surface area contributed by atoms with Gasteiger partial charge in [0.05, 0.1) is 0 Å². The zero-order chi connectivity index (χ0) is 13.6. The summed E-state index contributed by atoms with van der Waals surface area (Å²) in [7, 11) is 0. The monoisotopic (exact) mass is 312 g/mol. The molecule has 1 N–H and O–H groups in total. The summed E-state index contributed by atoms with van der Waals surface area (Å²) in [5, 5.41) is 3.54. The molecule has 0 aliphatic carbocycles. The van der Waals surface area contributed by atoms with E-state index in [-0.39, 0.29) is 0 Å². The van der Waals surface area contributed by atoms with Crippen LogP contribution in [0.4, 0.5) is 0 Å². The van der Waals surface area contributed by atoms with Crippen LogP contribution in [0.1, 0.15) is 39.7 Å². The molecule has 1 unspecified atom stereocenters. The normalized spacial score (nSPS) is 13.6. The van der Waals surface area contributed by atoms with Gasteiger partial charge in [-0.25, -0.2) is 0 Å². The van der Waals surface area contributed by atoms with Crippen molar-refractivity contribution < 1.29 is 0 Å². The number of pyridine rings is 1. The van der Waals surface area contributed by atoms with Crippen LogP contribution in [0.25, 0.3) is 0 Å². The molecule has 0 aliphatic rings. The molecule has 1 aromatic rings. The summed E-state index contributed by atoms with van der Waals surface area (Å²) >= 11 is 3.49. The van der Waals surface area contributed by atoms with Crippen LogP contribution in [-0.2, 0) is 6.42 Å². The van der Waals surface area contributed by atoms with Crippen molar-refractivity contribution in [3.8, 4) is 0 Å². The van der Waals surface area contributed by atoms with E-state index in [4.69, 9.17) is 0 Å². The van der Waals surface area contributed by atoms with Gasteiger partial charge in [-0.3, -0.25) is 4.98 Å². The number of hydrogen-bond donors (Lipinski definition) is 1. The molecule has 1 atom stereocenters. The van der Waals surface area contributed by atoms with E-state index >= 15 is 0 Å². The number of hydrogen-bond acceptors (Lipinski definition) is 2. The summed E-state index contributed by atoms with van der Waals surface area (Å²) in [6.45, 7) is 11.3. The van der Waals surface area contributed by atoms with Gasteiger partial charge in [0.15, 0.2) is 0 Å². The third kappa shape index (κ3) is 5.49. The fraction of sp³-hybridized carbons (Fsp3) is 0.667. The van der Waals surface area contributed by atoms with E-state index in [0.29, 0.717) is 11.3 Å². The molecule has 18 heavy (non-hydrogen) atoms. The number of halogens is 1. The lowest BCUT2D eigenvalue weighted by Gasteiger charge is -2.31. The van der Waals surface area contributed by atoms with Crippen LogP contribution in [0.15, 0.2) is 22.9 Å². The van der Waals surface area contributed by atoms with Crippen molar-refractivity contribution in [1.29, 1.82) is 0 Å². The summed E-state index contributed by atoms with van der Waals surface area (Å²) in [6.07, 6.45) is 6.08. The summed E-state index contributed by atoms with van der Waals surface area (Å²) in [4.78, 5) is 4.25. The first kappa shape index (κ1) is 15.6. The second-order valence-corrected chi connectivity index (χ2v) is 6.90. The van der Waals surface area contributed by atoms with Crippen LogP contribution in [0.5, 0.6) is 0 Å². The first-order valence-corrected chi connectivity index (χ1v) is 7.53. The minimum atomic E-state index is 0.309. The SMILES string of the molecule is CCCNCC(Cc1cncc(Br)c1)C(C)(C)C. The Morgan fingerprint density at radius 1 is 1.33 bits per heavy atom. The molecule has 1 aromatic heterocycles. The van der Waals surface area contributed by atoms with E-state index in [1.54, 1.807) is 0 Å². The Labute approximate surface area is 120 Å². The van der Waals surface area contributed by atoms with Gasteiger partial charge in [-0.2, -0.15) is 0 Å². The Balaban J connectivity index is 2.66. The van der Waals surface area contributed by atoms with Gasteiger partial charge in [0.2, 0.25) is 0 Å². The predicted molar refractivity (Wildman–Crippen MR) is 81.7 cm³/mol. The maximum Gasteiger partial charge on any atom is 0.0410 e. The van der Waals surface area contributed by atoms with E-state index < -0.39 is 0 Å². The minimum Gasteiger partial charge on any atom is -0.316 e. The number of nitrogens with zero attached hydrogens (tertiary/aromatic N) is 1. The van der Waals surface area contributed by atoms with Gasteiger partial charge < -0.3 is 5.32 Å². The molecule has 0 amide bonds. The van der Waals surface area contributed by atoms with E-state index in [2.05, 4.69) is 60.0 Å². The smallest absolute Gasteiger partial charge is 0.0410 e. The van der Waals surface area contributed by atoms with Crippen molar-refractivity contribution in [2.45, 2.75) is 40.5 Å². The standard InChI is InChI=1S/C15H25BrN2/c1-5-6-17-10-13(15(2,3)4)7-12-8-14(16)11-18-9-12/h8-9,11,13,17H,5-7,10H2,1-4H3. The minimum absolute atomic E-state index is 0.309. The van der Waals surface area contributed by atoms with Crippen molar-refractivity contribution >= 4 is 15.9 Å². The van der Waals surface area contributed by atoms with Crippen LogP contribution in [-0.4, -0.2) is 18.1 Å². The molecule has 0 aliphatic heterocycles. The zero-order valence-corrected chi connectivity index (χ0v) is 13.5. The molecular weight excluding hydrogens is 288 g/mol. The van der Waals surface area contributed by atoms with E-state index in [1.807, 2.05) is 12.4 Å². The van der Waals surface area contributed by atoms with Gasteiger partial charge in [0.1, 0.15) is 0 Å². The molecule has 0 radical (unpaired) electrons. The fourth-order valence-corrected chi connectivity index (χ4v) is 2.40. The lowest BCUT2D eigenvalue weighted by Crippen LogP contribution is -2.33. The molecule has 0 fully saturated rings. The molecule has 0 saturated carbocycles. The first-order valence-electron chi connectivity index (χ1n) is 6.73. The Morgan fingerprint density at radius 3 is 2.61 bits per heavy atom. The molecule has 0 aromatic carbocycles. The Kier molecular flexibility index (Phi) is 6.30. The highest BCUT2D eigenvalue weighted by Crippen LogP contribution is 2.29. The molecule has 1 rings (SSSR count). The van der Waals surface area contributed by atoms with Gasteiger partial charge in [0.25, 0.3) is 0 Å². The molecule has 3 heteroatoms. The molecular formula is C15H25BrN2. The van der Waals surface area contributed by atoms with Crippen LogP contribution in [0.3, 0.4) is 0 Å². The zero-order valence-electron chi connectivity index (χ0n) is 12.0.